The summed E-state index contributed by atoms with van der Waals surface area (Å²) in [5.41, 5.74) is 1.48. The quantitative estimate of drug-likeness (QED) is 0.449. The summed E-state index contributed by atoms with van der Waals surface area (Å²) in [7, 11) is 2.37. The van der Waals surface area contributed by atoms with Crippen LogP contribution in [0.4, 0.5) is 10.1 Å². The predicted octanol–water partition coefficient (Wildman–Crippen LogP) is 3.36. The first-order valence-corrected chi connectivity index (χ1v) is 8.16. The molecular weight excluding hydrogens is 365 g/mol. The standard InChI is InChI=1S/C21H18FNO5/c1-27-20(25)13-18(21(26)28-2)23-17-10-6-15(7-11-17)19(24)12-5-14-3-8-16(22)9-4-14/h3-13,23H,1-2H3/b12-5?,18-13+. The van der Waals surface area contributed by atoms with E-state index in [0.717, 1.165) is 6.08 Å². The molecule has 2 aromatic rings. The Kier molecular flexibility index (Phi) is 7.21. The summed E-state index contributed by atoms with van der Waals surface area (Å²) < 4.78 is 22.0. The topological polar surface area (TPSA) is 81.7 Å². The number of halogens is 1. The summed E-state index contributed by atoms with van der Waals surface area (Å²) in [5.74, 6) is -2.05. The van der Waals surface area contributed by atoms with E-state index in [0.29, 0.717) is 16.8 Å². The molecule has 0 heterocycles. The molecule has 0 amide bonds. The lowest BCUT2D eigenvalue weighted by atomic mass is 10.1. The third kappa shape index (κ3) is 5.91. The van der Waals surface area contributed by atoms with Crippen molar-refractivity contribution < 1.29 is 28.2 Å². The van der Waals surface area contributed by atoms with Crippen LogP contribution in [0.15, 0.2) is 66.4 Å². The van der Waals surface area contributed by atoms with Gasteiger partial charge in [0.15, 0.2) is 5.78 Å². The van der Waals surface area contributed by atoms with Crippen molar-refractivity contribution in [1.29, 1.82) is 0 Å². The van der Waals surface area contributed by atoms with Gasteiger partial charge in [-0.2, -0.15) is 0 Å². The fourth-order valence-corrected chi connectivity index (χ4v) is 2.15. The molecule has 0 atom stereocenters. The number of benzene rings is 2. The van der Waals surface area contributed by atoms with Gasteiger partial charge in [0.2, 0.25) is 0 Å². The molecule has 0 aliphatic carbocycles. The van der Waals surface area contributed by atoms with Crippen molar-refractivity contribution >= 4 is 29.5 Å². The summed E-state index contributed by atoms with van der Waals surface area (Å²) >= 11 is 0. The average Bonchev–Trinajstić information content (AvgIpc) is 2.72. The van der Waals surface area contributed by atoms with Crippen LogP contribution in [0.5, 0.6) is 0 Å². The second-order valence-electron chi connectivity index (χ2n) is 5.52. The lowest BCUT2D eigenvalue weighted by Gasteiger charge is -2.09. The van der Waals surface area contributed by atoms with Gasteiger partial charge < -0.3 is 14.8 Å². The summed E-state index contributed by atoms with van der Waals surface area (Å²) in [6, 6.07) is 12.0. The summed E-state index contributed by atoms with van der Waals surface area (Å²) in [5, 5.41) is 2.75. The van der Waals surface area contributed by atoms with Gasteiger partial charge in [-0.05, 0) is 48.0 Å². The molecule has 0 unspecified atom stereocenters. The van der Waals surface area contributed by atoms with Crippen molar-refractivity contribution in [1.82, 2.24) is 0 Å². The molecule has 0 aliphatic rings. The molecule has 0 aliphatic heterocycles. The van der Waals surface area contributed by atoms with Crippen LogP contribution in [0.3, 0.4) is 0 Å². The number of methoxy groups -OCH3 is 2. The molecule has 0 radical (unpaired) electrons. The fourth-order valence-electron chi connectivity index (χ4n) is 2.15. The van der Waals surface area contributed by atoms with Crippen LogP contribution in [0, 0.1) is 5.82 Å². The van der Waals surface area contributed by atoms with Crippen molar-refractivity contribution in [2.24, 2.45) is 0 Å². The van der Waals surface area contributed by atoms with E-state index in [2.05, 4.69) is 14.8 Å². The molecular formula is C21H18FNO5. The molecule has 0 bridgehead atoms. The lowest BCUT2D eigenvalue weighted by Crippen LogP contribution is -2.15. The highest BCUT2D eigenvalue weighted by Crippen LogP contribution is 2.14. The SMILES string of the molecule is COC(=O)/C=C(/Nc1ccc(C(=O)C=Cc2ccc(F)cc2)cc1)C(=O)OC. The number of nitrogens with one attached hydrogen (secondary N) is 1. The van der Waals surface area contributed by atoms with Crippen molar-refractivity contribution in [3.8, 4) is 0 Å². The van der Waals surface area contributed by atoms with Gasteiger partial charge >= 0.3 is 11.9 Å². The van der Waals surface area contributed by atoms with E-state index in [4.69, 9.17) is 0 Å². The number of hydrogen-bond donors (Lipinski definition) is 1. The second kappa shape index (κ2) is 9.82. The number of allylic oxidation sites excluding steroid dienone is 1. The fraction of sp³-hybridized carbons (Fsp3) is 0.0952. The minimum absolute atomic E-state index is 0.107. The zero-order chi connectivity index (χ0) is 20.5. The molecule has 0 saturated carbocycles. The van der Waals surface area contributed by atoms with Crippen molar-refractivity contribution in [3.63, 3.8) is 0 Å². The monoisotopic (exact) mass is 383 g/mol. The first-order chi connectivity index (χ1) is 13.4. The van der Waals surface area contributed by atoms with Crippen molar-refractivity contribution in [2.45, 2.75) is 0 Å². The van der Waals surface area contributed by atoms with Gasteiger partial charge in [-0.1, -0.05) is 18.2 Å². The van der Waals surface area contributed by atoms with Gasteiger partial charge in [0.25, 0.3) is 0 Å². The number of carbonyl (C=O) groups excluding carboxylic acids is 3. The second-order valence-corrected chi connectivity index (χ2v) is 5.52. The van der Waals surface area contributed by atoms with Crippen LogP contribution in [-0.4, -0.2) is 31.9 Å². The average molecular weight is 383 g/mol. The molecule has 1 N–H and O–H groups in total. The van der Waals surface area contributed by atoms with Crippen LogP contribution in [0.25, 0.3) is 6.08 Å². The smallest absolute Gasteiger partial charge is 0.354 e. The van der Waals surface area contributed by atoms with Gasteiger partial charge in [0, 0.05) is 11.3 Å². The third-order valence-corrected chi connectivity index (χ3v) is 3.61. The van der Waals surface area contributed by atoms with Crippen LogP contribution in [0.1, 0.15) is 15.9 Å². The molecule has 6 nitrogen and oxygen atoms in total. The van der Waals surface area contributed by atoms with E-state index in [-0.39, 0.29) is 17.3 Å². The van der Waals surface area contributed by atoms with E-state index in [1.54, 1.807) is 42.5 Å². The van der Waals surface area contributed by atoms with Crippen molar-refractivity contribution in [2.75, 3.05) is 19.5 Å². The minimum Gasteiger partial charge on any atom is -0.466 e. The Hall–Kier alpha value is -3.74. The Labute approximate surface area is 161 Å². The van der Waals surface area contributed by atoms with E-state index in [9.17, 15) is 18.8 Å². The highest BCUT2D eigenvalue weighted by Gasteiger charge is 2.13. The van der Waals surface area contributed by atoms with E-state index < -0.39 is 11.9 Å². The predicted molar refractivity (Wildman–Crippen MR) is 102 cm³/mol. The molecule has 0 spiro atoms. The zero-order valence-electron chi connectivity index (χ0n) is 15.3. The number of hydrogen-bond acceptors (Lipinski definition) is 6. The third-order valence-electron chi connectivity index (χ3n) is 3.61. The highest BCUT2D eigenvalue weighted by atomic mass is 19.1. The van der Waals surface area contributed by atoms with Crippen LogP contribution in [0.2, 0.25) is 0 Å². The van der Waals surface area contributed by atoms with Crippen LogP contribution < -0.4 is 5.32 Å². The van der Waals surface area contributed by atoms with Crippen LogP contribution >= 0.6 is 0 Å². The van der Waals surface area contributed by atoms with Crippen LogP contribution in [-0.2, 0) is 19.1 Å². The summed E-state index contributed by atoms with van der Waals surface area (Å²) in [6.45, 7) is 0. The largest absolute Gasteiger partial charge is 0.466 e. The first-order valence-electron chi connectivity index (χ1n) is 8.16. The molecule has 2 rings (SSSR count). The maximum Gasteiger partial charge on any atom is 0.354 e. The Balaban J connectivity index is 2.10. The summed E-state index contributed by atoms with van der Waals surface area (Å²) in [4.78, 5) is 35.3. The number of esters is 2. The normalized spacial score (nSPS) is 11.2. The number of rotatable bonds is 7. The van der Waals surface area contributed by atoms with Gasteiger partial charge in [-0.3, -0.25) is 4.79 Å². The van der Waals surface area contributed by atoms with E-state index in [1.165, 1.54) is 32.4 Å². The molecule has 0 aromatic heterocycles. The molecule has 0 fully saturated rings. The Morgan fingerprint density at radius 3 is 2.14 bits per heavy atom. The number of ether oxygens (including phenoxy) is 2. The Morgan fingerprint density at radius 1 is 0.929 bits per heavy atom. The highest BCUT2D eigenvalue weighted by molar-refractivity contribution is 6.07. The molecule has 28 heavy (non-hydrogen) atoms. The maximum atomic E-state index is 12.9. The maximum absolute atomic E-state index is 12.9. The number of ketones is 1. The van der Waals surface area contributed by atoms with Gasteiger partial charge in [-0.15, -0.1) is 0 Å². The van der Waals surface area contributed by atoms with Gasteiger partial charge in [0.05, 0.1) is 20.3 Å². The lowest BCUT2D eigenvalue weighted by molar-refractivity contribution is -0.138. The number of carbonyl (C=O) groups is 3. The zero-order valence-corrected chi connectivity index (χ0v) is 15.3. The number of anilines is 1. The van der Waals surface area contributed by atoms with E-state index in [1.807, 2.05) is 0 Å². The summed E-state index contributed by atoms with van der Waals surface area (Å²) in [6.07, 6.45) is 3.94. The molecule has 144 valence electrons. The van der Waals surface area contributed by atoms with Gasteiger partial charge in [0.1, 0.15) is 11.5 Å². The molecule has 0 saturated heterocycles. The Morgan fingerprint density at radius 2 is 1.57 bits per heavy atom. The van der Waals surface area contributed by atoms with Crippen molar-refractivity contribution in [3.05, 3.63) is 83.3 Å². The van der Waals surface area contributed by atoms with Gasteiger partial charge in [-0.25, -0.2) is 14.0 Å². The molecule has 2 aromatic carbocycles. The molecule has 7 heteroatoms. The van der Waals surface area contributed by atoms with E-state index >= 15 is 0 Å². The Bertz CT molecular complexity index is 915. The first kappa shape index (κ1) is 20.6. The minimum atomic E-state index is -0.743.